The summed E-state index contributed by atoms with van der Waals surface area (Å²) in [6.45, 7) is 5.65. The molecule has 0 saturated carbocycles. The van der Waals surface area contributed by atoms with E-state index in [-0.39, 0.29) is 17.7 Å². The molecule has 0 aromatic heterocycles. The second kappa shape index (κ2) is 6.77. The molecule has 1 saturated heterocycles. The predicted octanol–water partition coefficient (Wildman–Crippen LogP) is 2.47. The number of hydrogen-bond acceptors (Lipinski definition) is 3. The van der Waals surface area contributed by atoms with E-state index in [0.717, 1.165) is 6.07 Å². The maximum Gasteiger partial charge on any atom is 0.161 e. The summed E-state index contributed by atoms with van der Waals surface area (Å²) in [7, 11) is 1.77. The minimum absolute atomic E-state index is 0.141. The average Bonchev–Trinajstić information content (AvgIpc) is 2.43. The minimum atomic E-state index is -1.17. The third-order valence-corrected chi connectivity index (χ3v) is 3.82. The molecule has 3 nitrogen and oxygen atoms in total. The normalized spacial score (nSPS) is 23.8. The molecule has 6 heteroatoms. The summed E-state index contributed by atoms with van der Waals surface area (Å²) in [5.41, 5.74) is 0.141. The molecule has 1 N–H and O–H groups in total. The number of halogens is 3. The summed E-state index contributed by atoms with van der Waals surface area (Å²) in [5, 5.41) is 3.00. The van der Waals surface area contributed by atoms with Gasteiger partial charge in [-0.05, 0) is 27.0 Å². The second-order valence-corrected chi connectivity index (χ2v) is 5.53. The van der Waals surface area contributed by atoms with E-state index in [1.807, 2.05) is 13.8 Å². The highest BCUT2D eigenvalue weighted by Crippen LogP contribution is 2.33. The van der Waals surface area contributed by atoms with Crippen molar-refractivity contribution in [3.8, 4) is 0 Å². The first kappa shape index (κ1) is 16.3. The maximum absolute atomic E-state index is 14.2. The van der Waals surface area contributed by atoms with E-state index < -0.39 is 23.5 Å². The molecule has 1 aliphatic heterocycles. The van der Waals surface area contributed by atoms with Gasteiger partial charge in [-0.25, -0.2) is 13.2 Å². The molecule has 1 aromatic carbocycles. The molecule has 0 aliphatic carbocycles. The zero-order chi connectivity index (χ0) is 15.6. The van der Waals surface area contributed by atoms with Crippen LogP contribution in [0.5, 0.6) is 0 Å². The van der Waals surface area contributed by atoms with Crippen molar-refractivity contribution >= 4 is 0 Å². The third-order valence-electron chi connectivity index (χ3n) is 3.82. The first-order chi connectivity index (χ1) is 9.95. The Bertz CT molecular complexity index is 494. The van der Waals surface area contributed by atoms with Gasteiger partial charge in [-0.1, -0.05) is 0 Å². The van der Waals surface area contributed by atoms with Gasteiger partial charge in [-0.2, -0.15) is 0 Å². The van der Waals surface area contributed by atoms with Crippen molar-refractivity contribution in [3.63, 3.8) is 0 Å². The van der Waals surface area contributed by atoms with Gasteiger partial charge in [0, 0.05) is 30.8 Å². The first-order valence-corrected chi connectivity index (χ1v) is 7.12. The summed E-state index contributed by atoms with van der Waals surface area (Å²) in [6.07, 6.45) is -0.314. The highest BCUT2D eigenvalue weighted by Gasteiger charge is 2.36. The van der Waals surface area contributed by atoms with Crippen LogP contribution in [0.3, 0.4) is 0 Å². The van der Waals surface area contributed by atoms with Crippen LogP contribution in [0.25, 0.3) is 0 Å². The van der Waals surface area contributed by atoms with E-state index in [1.54, 1.807) is 7.05 Å². The standard InChI is InChI=1S/C15H21F3N2O/c1-9(2)20-4-5-21-14(8-19-3)15(20)10-6-12(17)13(18)7-11(10)16/h6-7,9,14-15,19H,4-5,8H2,1-3H3. The van der Waals surface area contributed by atoms with Crippen LogP contribution in [0, 0.1) is 17.5 Å². The predicted molar refractivity (Wildman–Crippen MR) is 74.6 cm³/mol. The number of morpholine rings is 1. The number of nitrogens with zero attached hydrogens (tertiary/aromatic N) is 1. The summed E-state index contributed by atoms with van der Waals surface area (Å²) >= 11 is 0. The Hall–Kier alpha value is -1.11. The van der Waals surface area contributed by atoms with E-state index in [9.17, 15) is 13.2 Å². The van der Waals surface area contributed by atoms with Crippen molar-refractivity contribution in [2.24, 2.45) is 0 Å². The minimum Gasteiger partial charge on any atom is -0.374 e. The fourth-order valence-electron chi connectivity index (χ4n) is 2.85. The van der Waals surface area contributed by atoms with Gasteiger partial charge >= 0.3 is 0 Å². The van der Waals surface area contributed by atoms with Gasteiger partial charge in [0.05, 0.1) is 18.8 Å². The second-order valence-electron chi connectivity index (χ2n) is 5.53. The largest absolute Gasteiger partial charge is 0.374 e. The van der Waals surface area contributed by atoms with E-state index in [2.05, 4.69) is 10.2 Å². The molecule has 0 radical (unpaired) electrons. The summed E-state index contributed by atoms with van der Waals surface area (Å²) in [4.78, 5) is 2.06. The molecule has 2 atom stereocenters. The molecular weight excluding hydrogens is 281 g/mol. The lowest BCUT2D eigenvalue weighted by Gasteiger charge is -2.43. The van der Waals surface area contributed by atoms with E-state index in [0.29, 0.717) is 25.8 Å². The van der Waals surface area contributed by atoms with Crippen LogP contribution >= 0.6 is 0 Å². The highest BCUT2D eigenvalue weighted by atomic mass is 19.2. The molecule has 2 rings (SSSR count). The quantitative estimate of drug-likeness (QED) is 0.865. The molecule has 118 valence electrons. The third kappa shape index (κ3) is 3.39. The Kier molecular flexibility index (Phi) is 5.24. The van der Waals surface area contributed by atoms with Gasteiger partial charge in [0.25, 0.3) is 0 Å². The average molecular weight is 302 g/mol. The van der Waals surface area contributed by atoms with Crippen molar-refractivity contribution in [3.05, 3.63) is 35.1 Å². The fraction of sp³-hybridized carbons (Fsp3) is 0.600. The summed E-state index contributed by atoms with van der Waals surface area (Å²) in [6, 6.07) is 1.25. The SMILES string of the molecule is CNCC1OCCN(C(C)C)C1c1cc(F)c(F)cc1F. The van der Waals surface area contributed by atoms with Gasteiger partial charge in [0.15, 0.2) is 11.6 Å². The maximum atomic E-state index is 14.2. The van der Waals surface area contributed by atoms with Crippen molar-refractivity contribution < 1.29 is 17.9 Å². The van der Waals surface area contributed by atoms with Gasteiger partial charge in [0.2, 0.25) is 0 Å². The van der Waals surface area contributed by atoms with Gasteiger partial charge in [-0.3, -0.25) is 4.90 Å². The van der Waals surface area contributed by atoms with Gasteiger partial charge in [-0.15, -0.1) is 0 Å². The van der Waals surface area contributed by atoms with Crippen LogP contribution in [0.2, 0.25) is 0 Å². The summed E-state index contributed by atoms with van der Waals surface area (Å²) < 4.78 is 46.6. The molecule has 0 spiro atoms. The first-order valence-electron chi connectivity index (χ1n) is 7.12. The van der Waals surface area contributed by atoms with Crippen molar-refractivity contribution in [2.75, 3.05) is 26.7 Å². The highest BCUT2D eigenvalue weighted by molar-refractivity contribution is 5.25. The van der Waals surface area contributed by atoms with Gasteiger partial charge in [0.1, 0.15) is 5.82 Å². The number of likely N-dealkylation sites (N-methyl/N-ethyl adjacent to an activating group) is 1. The van der Waals surface area contributed by atoms with Crippen LogP contribution in [-0.4, -0.2) is 43.8 Å². The molecule has 1 aromatic rings. The van der Waals surface area contributed by atoms with Crippen LogP contribution in [0.4, 0.5) is 13.2 Å². The number of hydrogen-bond donors (Lipinski definition) is 1. The zero-order valence-electron chi connectivity index (χ0n) is 12.5. The van der Waals surface area contributed by atoms with Gasteiger partial charge < -0.3 is 10.1 Å². The Morgan fingerprint density at radius 3 is 2.52 bits per heavy atom. The lowest BCUT2D eigenvalue weighted by atomic mass is 9.95. The Morgan fingerprint density at radius 2 is 1.90 bits per heavy atom. The zero-order valence-corrected chi connectivity index (χ0v) is 12.5. The number of nitrogens with one attached hydrogen (secondary N) is 1. The molecule has 0 amide bonds. The number of rotatable bonds is 4. The fourth-order valence-corrected chi connectivity index (χ4v) is 2.85. The molecular formula is C15H21F3N2O. The van der Waals surface area contributed by atoms with Crippen LogP contribution < -0.4 is 5.32 Å². The van der Waals surface area contributed by atoms with E-state index >= 15 is 0 Å². The van der Waals surface area contributed by atoms with Crippen molar-refractivity contribution in [1.82, 2.24) is 10.2 Å². The van der Waals surface area contributed by atoms with Crippen LogP contribution in [0.1, 0.15) is 25.5 Å². The number of benzene rings is 1. The lowest BCUT2D eigenvalue weighted by Crippen LogP contribution is -2.51. The van der Waals surface area contributed by atoms with Crippen LogP contribution in [0.15, 0.2) is 12.1 Å². The molecule has 21 heavy (non-hydrogen) atoms. The molecule has 1 fully saturated rings. The number of ether oxygens (including phenoxy) is 1. The smallest absolute Gasteiger partial charge is 0.161 e. The topological polar surface area (TPSA) is 24.5 Å². The van der Waals surface area contributed by atoms with Crippen molar-refractivity contribution in [1.29, 1.82) is 0 Å². The Balaban J connectivity index is 2.44. The summed E-state index contributed by atoms with van der Waals surface area (Å²) in [5.74, 6) is -2.95. The van der Waals surface area contributed by atoms with E-state index in [1.165, 1.54) is 0 Å². The molecule has 0 bridgehead atoms. The molecule has 1 heterocycles. The van der Waals surface area contributed by atoms with E-state index in [4.69, 9.17) is 4.74 Å². The lowest BCUT2D eigenvalue weighted by molar-refractivity contribution is -0.0826. The Morgan fingerprint density at radius 1 is 1.24 bits per heavy atom. The Labute approximate surface area is 123 Å². The molecule has 2 unspecified atom stereocenters. The van der Waals surface area contributed by atoms with Crippen molar-refractivity contribution in [2.45, 2.75) is 32.0 Å². The van der Waals surface area contributed by atoms with Crippen LogP contribution in [-0.2, 0) is 4.74 Å². The monoisotopic (exact) mass is 302 g/mol. The molecule has 1 aliphatic rings.